The van der Waals surface area contributed by atoms with Gasteiger partial charge in [0, 0.05) is 0 Å². The van der Waals surface area contributed by atoms with Crippen LogP contribution >= 0.6 is 0 Å². The number of rotatable bonds is 5. The predicted molar refractivity (Wildman–Crippen MR) is 76.8 cm³/mol. The van der Waals surface area contributed by atoms with E-state index in [0.717, 1.165) is 5.56 Å². The van der Waals surface area contributed by atoms with Gasteiger partial charge in [-0.3, -0.25) is 10.1 Å². The van der Waals surface area contributed by atoms with Crippen molar-refractivity contribution in [3.63, 3.8) is 0 Å². The zero-order chi connectivity index (χ0) is 15.4. The van der Waals surface area contributed by atoms with Crippen LogP contribution in [0.15, 0.2) is 42.5 Å². The van der Waals surface area contributed by atoms with Crippen molar-refractivity contribution >= 4 is 5.69 Å². The third kappa shape index (κ3) is 3.49. The lowest BCUT2D eigenvalue weighted by atomic mass is 10.1. The maximum Gasteiger partial charge on any atom is 0.315 e. The van der Waals surface area contributed by atoms with Crippen molar-refractivity contribution < 1.29 is 19.5 Å². The van der Waals surface area contributed by atoms with Crippen LogP contribution in [0.5, 0.6) is 17.2 Å². The molecule has 0 aromatic heterocycles. The van der Waals surface area contributed by atoms with Crippen LogP contribution in [0.3, 0.4) is 0 Å². The maximum atomic E-state index is 11.1. The summed E-state index contributed by atoms with van der Waals surface area (Å²) in [6, 6.07) is 11.1. The molecule has 0 radical (unpaired) electrons. The van der Waals surface area contributed by atoms with E-state index in [0.29, 0.717) is 11.5 Å². The molecule has 0 saturated heterocycles. The first-order valence-corrected chi connectivity index (χ1v) is 6.29. The molecule has 1 N–H and O–H groups in total. The van der Waals surface area contributed by atoms with Gasteiger partial charge in [-0.1, -0.05) is 12.1 Å². The van der Waals surface area contributed by atoms with E-state index in [-0.39, 0.29) is 11.4 Å². The molecule has 6 heteroatoms. The van der Waals surface area contributed by atoms with Gasteiger partial charge < -0.3 is 14.6 Å². The molecule has 1 atom stereocenters. The molecule has 0 bridgehead atoms. The molecule has 0 unspecified atom stereocenters. The van der Waals surface area contributed by atoms with Crippen LogP contribution in [0.1, 0.15) is 18.6 Å². The molecule has 0 heterocycles. The minimum absolute atomic E-state index is 0.130. The molecule has 0 aliphatic rings. The Labute approximate surface area is 121 Å². The van der Waals surface area contributed by atoms with Gasteiger partial charge in [0.25, 0.3) is 0 Å². The minimum atomic E-state index is -0.575. The lowest BCUT2D eigenvalue weighted by Crippen LogP contribution is -1.95. The minimum Gasteiger partial charge on any atom is -0.496 e. The average Bonchev–Trinajstić information content (AvgIpc) is 2.48. The van der Waals surface area contributed by atoms with Crippen molar-refractivity contribution in [2.45, 2.75) is 13.0 Å². The zero-order valence-electron chi connectivity index (χ0n) is 11.6. The number of benzene rings is 2. The summed E-state index contributed by atoms with van der Waals surface area (Å²) in [6.45, 7) is 1.66. The largest absolute Gasteiger partial charge is 0.496 e. The number of hydrogen-bond acceptors (Lipinski definition) is 5. The van der Waals surface area contributed by atoms with Gasteiger partial charge in [-0.25, -0.2) is 0 Å². The Kier molecular flexibility index (Phi) is 4.39. The van der Waals surface area contributed by atoms with Crippen molar-refractivity contribution in [1.29, 1.82) is 0 Å². The Hall–Kier alpha value is -2.60. The van der Waals surface area contributed by atoms with Gasteiger partial charge >= 0.3 is 5.69 Å². The topological polar surface area (TPSA) is 81.8 Å². The number of aliphatic hydroxyl groups excluding tert-OH is 1. The Balaban J connectivity index is 2.28. The van der Waals surface area contributed by atoms with E-state index in [2.05, 4.69) is 0 Å². The molecule has 0 fully saturated rings. The smallest absolute Gasteiger partial charge is 0.315 e. The van der Waals surface area contributed by atoms with Gasteiger partial charge in [-0.2, -0.15) is 0 Å². The van der Waals surface area contributed by atoms with Crippen LogP contribution in [0, 0.1) is 10.1 Å². The number of ether oxygens (including phenoxy) is 2. The second-order valence-electron chi connectivity index (χ2n) is 4.44. The lowest BCUT2D eigenvalue weighted by molar-refractivity contribution is -0.385. The molecular weight excluding hydrogens is 274 g/mol. The number of hydrogen-bond donors (Lipinski definition) is 1. The third-order valence-corrected chi connectivity index (χ3v) is 2.95. The lowest BCUT2D eigenvalue weighted by Gasteiger charge is -2.09. The van der Waals surface area contributed by atoms with Crippen molar-refractivity contribution in [3.8, 4) is 17.2 Å². The van der Waals surface area contributed by atoms with Crippen molar-refractivity contribution in [3.05, 3.63) is 58.1 Å². The molecule has 2 rings (SSSR count). The van der Waals surface area contributed by atoms with Gasteiger partial charge in [-0.05, 0) is 36.8 Å². The highest BCUT2D eigenvalue weighted by molar-refractivity contribution is 5.52. The summed E-state index contributed by atoms with van der Waals surface area (Å²) in [5.74, 6) is 0.969. The van der Waals surface area contributed by atoms with Crippen LogP contribution in [0.25, 0.3) is 0 Å². The summed E-state index contributed by atoms with van der Waals surface area (Å²) in [5.41, 5.74) is 0.570. The second kappa shape index (κ2) is 6.23. The quantitative estimate of drug-likeness (QED) is 0.673. The fourth-order valence-electron chi connectivity index (χ4n) is 1.79. The molecular formula is C15H15NO5. The zero-order valence-corrected chi connectivity index (χ0v) is 11.6. The first-order valence-electron chi connectivity index (χ1n) is 6.29. The van der Waals surface area contributed by atoms with E-state index >= 15 is 0 Å². The molecule has 0 saturated carbocycles. The van der Waals surface area contributed by atoms with E-state index in [1.54, 1.807) is 37.3 Å². The molecule has 0 spiro atoms. The van der Waals surface area contributed by atoms with Crippen LogP contribution in [-0.4, -0.2) is 17.1 Å². The highest BCUT2D eigenvalue weighted by atomic mass is 16.6. The summed E-state index contributed by atoms with van der Waals surface area (Å²) >= 11 is 0. The third-order valence-electron chi connectivity index (χ3n) is 2.95. The standard InChI is InChI=1S/C15H15NO5/c1-10(17)11-3-5-12(6-4-11)21-15-8-7-13(20-2)9-14(15)16(18)19/h3-10,17H,1-2H3/t10-/m0/s1. The van der Waals surface area contributed by atoms with Gasteiger partial charge in [0.1, 0.15) is 11.5 Å². The predicted octanol–water partition coefficient (Wildman–Crippen LogP) is 3.45. The van der Waals surface area contributed by atoms with Crippen molar-refractivity contribution in [2.24, 2.45) is 0 Å². The molecule has 0 amide bonds. The number of nitro groups is 1. The number of methoxy groups -OCH3 is 1. The fourth-order valence-corrected chi connectivity index (χ4v) is 1.79. The van der Waals surface area contributed by atoms with Gasteiger partial charge in [0.05, 0.1) is 24.2 Å². The average molecular weight is 289 g/mol. The van der Waals surface area contributed by atoms with Crippen LogP contribution in [-0.2, 0) is 0 Å². The Morgan fingerprint density at radius 1 is 1.14 bits per heavy atom. The Bertz CT molecular complexity index is 637. The molecule has 0 aliphatic carbocycles. The van der Waals surface area contributed by atoms with E-state index in [9.17, 15) is 15.2 Å². The summed E-state index contributed by atoms with van der Waals surface area (Å²) in [6.07, 6.45) is -0.575. The number of aliphatic hydroxyl groups is 1. The molecule has 2 aromatic carbocycles. The molecule has 2 aromatic rings. The Morgan fingerprint density at radius 3 is 2.29 bits per heavy atom. The van der Waals surface area contributed by atoms with E-state index in [1.807, 2.05) is 0 Å². The molecule has 6 nitrogen and oxygen atoms in total. The van der Waals surface area contributed by atoms with Crippen molar-refractivity contribution in [2.75, 3.05) is 7.11 Å². The second-order valence-corrected chi connectivity index (χ2v) is 4.44. The Morgan fingerprint density at radius 2 is 1.76 bits per heavy atom. The first kappa shape index (κ1) is 14.8. The van der Waals surface area contributed by atoms with Gasteiger partial charge in [0.2, 0.25) is 5.75 Å². The summed E-state index contributed by atoms with van der Waals surface area (Å²) in [5, 5.41) is 20.5. The molecule has 110 valence electrons. The highest BCUT2D eigenvalue weighted by Crippen LogP contribution is 2.34. The number of nitro benzene ring substituents is 1. The van der Waals surface area contributed by atoms with Gasteiger partial charge in [0.15, 0.2) is 0 Å². The summed E-state index contributed by atoms with van der Waals surface area (Å²) in [4.78, 5) is 10.5. The van der Waals surface area contributed by atoms with Crippen LogP contribution in [0.2, 0.25) is 0 Å². The van der Waals surface area contributed by atoms with E-state index in [1.165, 1.54) is 19.2 Å². The molecule has 0 aliphatic heterocycles. The first-order chi connectivity index (χ1) is 10.0. The molecule has 21 heavy (non-hydrogen) atoms. The van der Waals surface area contributed by atoms with E-state index < -0.39 is 11.0 Å². The SMILES string of the molecule is COc1ccc(Oc2ccc([C@H](C)O)cc2)c([N+](=O)[O-])c1. The highest BCUT2D eigenvalue weighted by Gasteiger charge is 2.17. The number of nitrogens with zero attached hydrogens (tertiary/aromatic N) is 1. The maximum absolute atomic E-state index is 11.1. The summed E-state index contributed by atoms with van der Waals surface area (Å²) in [7, 11) is 1.44. The van der Waals surface area contributed by atoms with E-state index in [4.69, 9.17) is 9.47 Å². The summed E-state index contributed by atoms with van der Waals surface area (Å²) < 4.78 is 10.5. The van der Waals surface area contributed by atoms with Gasteiger partial charge in [-0.15, -0.1) is 0 Å². The monoisotopic (exact) mass is 289 g/mol. The van der Waals surface area contributed by atoms with Crippen LogP contribution < -0.4 is 9.47 Å². The fraction of sp³-hybridized carbons (Fsp3) is 0.200. The van der Waals surface area contributed by atoms with Crippen molar-refractivity contribution in [1.82, 2.24) is 0 Å². The normalized spacial score (nSPS) is 11.8. The van der Waals surface area contributed by atoms with Crippen LogP contribution in [0.4, 0.5) is 5.69 Å².